The molecule has 34 heavy (non-hydrogen) atoms. The molecule has 5 nitrogen and oxygen atoms in total. The molecule has 0 amide bonds. The fraction of sp³-hybridized carbons (Fsp3) is 0.897. The largest absolute Gasteiger partial charge is 0.461 e. The molecule has 6 aliphatic rings. The van der Waals surface area contributed by atoms with Crippen molar-refractivity contribution in [1.82, 2.24) is 4.90 Å². The van der Waals surface area contributed by atoms with E-state index in [4.69, 9.17) is 4.74 Å². The van der Waals surface area contributed by atoms with E-state index >= 15 is 0 Å². The first-order valence-electron chi connectivity index (χ1n) is 14.2. The van der Waals surface area contributed by atoms with E-state index < -0.39 is 0 Å². The van der Waals surface area contributed by atoms with E-state index in [2.05, 4.69) is 25.7 Å². The number of hydrogen-bond acceptors (Lipinski definition) is 5. The number of piperidine rings is 2. The second-order valence-corrected chi connectivity index (χ2v) is 13.4. The lowest BCUT2D eigenvalue weighted by atomic mass is 9.56. The van der Waals surface area contributed by atoms with Crippen molar-refractivity contribution in [3.05, 3.63) is 11.1 Å². The summed E-state index contributed by atoms with van der Waals surface area (Å²) in [6, 6.07) is 0.366. The van der Waals surface area contributed by atoms with Crippen molar-refractivity contribution in [2.75, 3.05) is 13.1 Å². The average molecular weight is 472 g/mol. The Morgan fingerprint density at radius 1 is 1.03 bits per heavy atom. The van der Waals surface area contributed by atoms with Crippen LogP contribution >= 0.6 is 0 Å². The fourth-order valence-corrected chi connectivity index (χ4v) is 10.3. The van der Waals surface area contributed by atoms with Gasteiger partial charge >= 0.3 is 5.97 Å². The number of carbonyl (C=O) groups is 1. The number of hydrogen-bond donors (Lipinski definition) is 2. The third-order valence-corrected chi connectivity index (χ3v) is 11.6. The first-order chi connectivity index (χ1) is 16.2. The first-order valence-corrected chi connectivity index (χ1v) is 14.2. The molecular formula is C29H45NO4. The summed E-state index contributed by atoms with van der Waals surface area (Å²) in [5, 5.41) is 21.5. The Hall–Kier alpha value is -0.910. The SMILES string of the molecule is CC(=O)O[C@@H]1C[C@@H](C)CN2C[C@@H]3[C@H](CC[C@H]4C5=C(C[C@@H]34)[C@@]3(C)CC[C@H](O)C[C@@H]3[C@H](O)C5)[C@@H](C)[C@H]12. The van der Waals surface area contributed by atoms with Gasteiger partial charge in [0.1, 0.15) is 6.10 Å². The molecule has 4 aliphatic carbocycles. The van der Waals surface area contributed by atoms with Crippen molar-refractivity contribution in [1.29, 1.82) is 0 Å². The van der Waals surface area contributed by atoms with E-state index in [0.29, 0.717) is 41.5 Å². The number of rotatable bonds is 1. The average Bonchev–Trinajstić information content (AvgIpc) is 3.14. The van der Waals surface area contributed by atoms with Crippen LogP contribution in [-0.2, 0) is 9.53 Å². The van der Waals surface area contributed by atoms with Crippen molar-refractivity contribution in [3.8, 4) is 0 Å². The Labute approximate surface area is 205 Å². The molecule has 2 heterocycles. The van der Waals surface area contributed by atoms with Crippen molar-refractivity contribution in [3.63, 3.8) is 0 Å². The molecule has 2 saturated carbocycles. The van der Waals surface area contributed by atoms with Crippen LogP contribution in [0.25, 0.3) is 0 Å². The zero-order valence-corrected chi connectivity index (χ0v) is 21.6. The van der Waals surface area contributed by atoms with Gasteiger partial charge < -0.3 is 14.9 Å². The van der Waals surface area contributed by atoms with Gasteiger partial charge in [0.2, 0.25) is 0 Å². The van der Waals surface area contributed by atoms with Gasteiger partial charge in [0.05, 0.1) is 12.2 Å². The number of allylic oxidation sites excluding steroid dienone is 1. The summed E-state index contributed by atoms with van der Waals surface area (Å²) in [4.78, 5) is 14.6. The lowest BCUT2D eigenvalue weighted by Gasteiger charge is -2.57. The quantitative estimate of drug-likeness (QED) is 0.444. The highest BCUT2D eigenvalue weighted by atomic mass is 16.5. The molecule has 0 radical (unpaired) electrons. The fourth-order valence-electron chi connectivity index (χ4n) is 10.3. The van der Waals surface area contributed by atoms with Crippen molar-refractivity contribution >= 4 is 5.97 Å². The van der Waals surface area contributed by atoms with Gasteiger partial charge in [-0.05, 0) is 98.2 Å². The molecule has 2 saturated heterocycles. The topological polar surface area (TPSA) is 70.0 Å². The second kappa shape index (κ2) is 8.31. The predicted octanol–water partition coefficient (Wildman–Crippen LogP) is 4.17. The van der Waals surface area contributed by atoms with Gasteiger partial charge in [-0.1, -0.05) is 31.9 Å². The lowest BCUT2D eigenvalue weighted by molar-refractivity contribution is -0.166. The third kappa shape index (κ3) is 3.47. The van der Waals surface area contributed by atoms with Gasteiger partial charge in [0.25, 0.3) is 0 Å². The molecule has 0 unspecified atom stereocenters. The van der Waals surface area contributed by atoms with Crippen LogP contribution in [0.5, 0.6) is 0 Å². The van der Waals surface area contributed by atoms with Crippen LogP contribution in [0.2, 0.25) is 0 Å². The minimum Gasteiger partial charge on any atom is -0.461 e. The molecule has 2 aliphatic heterocycles. The molecule has 0 aromatic heterocycles. The highest BCUT2D eigenvalue weighted by Gasteiger charge is 2.58. The van der Waals surface area contributed by atoms with Crippen LogP contribution in [0.3, 0.4) is 0 Å². The normalized spacial score (nSPS) is 52.7. The van der Waals surface area contributed by atoms with Crippen LogP contribution in [0.1, 0.15) is 79.1 Å². The van der Waals surface area contributed by atoms with Crippen LogP contribution < -0.4 is 0 Å². The maximum Gasteiger partial charge on any atom is 0.302 e. The monoisotopic (exact) mass is 471 g/mol. The molecule has 12 atom stereocenters. The van der Waals surface area contributed by atoms with Gasteiger partial charge in [-0.3, -0.25) is 9.69 Å². The van der Waals surface area contributed by atoms with Crippen LogP contribution in [0.15, 0.2) is 11.1 Å². The number of carbonyl (C=O) groups excluding carboxylic acids is 1. The van der Waals surface area contributed by atoms with Crippen molar-refractivity contribution in [2.24, 2.45) is 46.8 Å². The molecular weight excluding hydrogens is 426 g/mol. The molecule has 2 N–H and O–H groups in total. The Bertz CT molecular complexity index is 868. The summed E-state index contributed by atoms with van der Waals surface area (Å²) < 4.78 is 5.90. The van der Waals surface area contributed by atoms with Gasteiger partial charge in [0, 0.05) is 26.1 Å². The standard InChI is InChI=1S/C29H45NO4/c1-15-9-27(34-17(3)31)28-16(2)19-5-6-20-21(23(19)14-30(28)13-15)11-24-22(20)12-26(33)25-10-18(32)7-8-29(24,25)4/h15-16,18-21,23,25-28,32-33H,5-14H2,1-4H3/t15-,16-,18+,19-,20-,21-,23-,25-,26-,27-,28-,29-/m1/s1. The number of aliphatic hydroxyl groups excluding tert-OH is 2. The molecule has 6 rings (SSSR count). The minimum absolute atomic E-state index is 0.0355. The van der Waals surface area contributed by atoms with E-state index in [1.165, 1.54) is 19.3 Å². The molecule has 0 spiro atoms. The summed E-state index contributed by atoms with van der Waals surface area (Å²) in [6.45, 7) is 11.0. The Morgan fingerprint density at radius 3 is 2.59 bits per heavy atom. The van der Waals surface area contributed by atoms with Gasteiger partial charge in [-0.25, -0.2) is 0 Å². The highest BCUT2D eigenvalue weighted by molar-refractivity contribution is 5.66. The smallest absolute Gasteiger partial charge is 0.302 e. The maximum absolute atomic E-state index is 11.9. The zero-order chi connectivity index (χ0) is 23.9. The van der Waals surface area contributed by atoms with E-state index in [1.54, 1.807) is 18.1 Å². The summed E-state index contributed by atoms with van der Waals surface area (Å²) in [7, 11) is 0. The van der Waals surface area contributed by atoms with Gasteiger partial charge in [-0.15, -0.1) is 0 Å². The molecule has 0 aromatic carbocycles. The van der Waals surface area contributed by atoms with Gasteiger partial charge in [-0.2, -0.15) is 0 Å². The summed E-state index contributed by atoms with van der Waals surface area (Å²) in [5.41, 5.74) is 3.37. The summed E-state index contributed by atoms with van der Waals surface area (Å²) in [6.07, 6.45) is 7.73. The summed E-state index contributed by atoms with van der Waals surface area (Å²) >= 11 is 0. The number of fused-ring (bicyclic) bond motifs is 7. The van der Waals surface area contributed by atoms with Gasteiger partial charge in [0.15, 0.2) is 0 Å². The number of esters is 1. The first kappa shape index (κ1) is 23.5. The predicted molar refractivity (Wildman–Crippen MR) is 131 cm³/mol. The Kier molecular flexibility index (Phi) is 5.74. The summed E-state index contributed by atoms with van der Waals surface area (Å²) in [5.74, 6) is 3.94. The maximum atomic E-state index is 11.9. The van der Waals surface area contributed by atoms with Crippen LogP contribution in [0.4, 0.5) is 0 Å². The third-order valence-electron chi connectivity index (χ3n) is 11.6. The Balaban J connectivity index is 1.27. The van der Waals surface area contributed by atoms with E-state index in [0.717, 1.165) is 45.2 Å². The number of aliphatic hydroxyl groups is 2. The Morgan fingerprint density at radius 2 is 1.82 bits per heavy atom. The molecule has 5 heteroatoms. The molecule has 190 valence electrons. The molecule has 4 fully saturated rings. The number of nitrogens with zero attached hydrogens (tertiary/aromatic N) is 1. The van der Waals surface area contributed by atoms with E-state index in [1.807, 2.05) is 0 Å². The van der Waals surface area contributed by atoms with E-state index in [9.17, 15) is 15.0 Å². The van der Waals surface area contributed by atoms with Crippen molar-refractivity contribution in [2.45, 2.75) is 103 Å². The molecule has 0 aromatic rings. The van der Waals surface area contributed by atoms with Crippen LogP contribution in [0, 0.1) is 46.8 Å². The van der Waals surface area contributed by atoms with E-state index in [-0.39, 0.29) is 35.6 Å². The number of ether oxygens (including phenoxy) is 1. The van der Waals surface area contributed by atoms with Crippen LogP contribution in [-0.4, -0.2) is 58.5 Å². The second-order valence-electron chi connectivity index (χ2n) is 13.4. The minimum atomic E-state index is -0.294. The zero-order valence-electron chi connectivity index (χ0n) is 21.6. The lowest BCUT2D eigenvalue weighted by Crippen LogP contribution is -2.63. The highest BCUT2D eigenvalue weighted by Crippen LogP contribution is 2.64. The molecule has 0 bridgehead atoms. The van der Waals surface area contributed by atoms with Crippen molar-refractivity contribution < 1.29 is 19.7 Å².